The maximum absolute atomic E-state index is 3.09. The molecule has 0 aliphatic carbocycles. The average Bonchev–Trinajstić information content (AvgIpc) is 3.34. The van der Waals surface area contributed by atoms with Crippen molar-refractivity contribution in [2.24, 2.45) is 23.7 Å². The monoisotopic (exact) mass is 595 g/mol. The summed E-state index contributed by atoms with van der Waals surface area (Å²) < 4.78 is 0. The van der Waals surface area contributed by atoms with Gasteiger partial charge in [0.1, 0.15) is 0 Å². The quantitative estimate of drug-likeness (QED) is 0.230. The van der Waals surface area contributed by atoms with Crippen LogP contribution in [0.25, 0.3) is 0 Å². The maximum atomic E-state index is 3.09. The van der Waals surface area contributed by atoms with Crippen LogP contribution < -0.4 is 0 Å². The Hall–Kier alpha value is -1.78. The summed E-state index contributed by atoms with van der Waals surface area (Å²) in [6.45, 7) is 42.0. The molecule has 240 valence electrons. The van der Waals surface area contributed by atoms with E-state index in [-0.39, 0.29) is 0 Å². The standard InChI is InChI=1S/C14H22.C10H16S.C9H18.C8H14/c1-9(2)13-7-11(5)14(10(3)4)12(6)8-13;1-7(2)9-5-6-10(11-9)8(3)4;1-7(2)6-9(5)8(3)4;1-7(2)5-6-8(3)4/h7-10H,1-6H3;5-8H,1-4H3;6-8H,1-5H3;7-8H,1-4H3/b;;9-6+;. The molecule has 1 aromatic carbocycles. The molecule has 0 amide bonds. The van der Waals surface area contributed by atoms with Crippen molar-refractivity contribution >= 4 is 11.3 Å². The third-order valence-corrected chi connectivity index (χ3v) is 8.50. The zero-order valence-corrected chi connectivity index (χ0v) is 32.2. The summed E-state index contributed by atoms with van der Waals surface area (Å²) in [6.07, 6.45) is 2.32. The first-order chi connectivity index (χ1) is 19.2. The number of rotatable bonds is 6. The van der Waals surface area contributed by atoms with Crippen LogP contribution in [0, 0.1) is 49.4 Å². The van der Waals surface area contributed by atoms with Gasteiger partial charge >= 0.3 is 0 Å². The Morgan fingerprint density at radius 1 is 0.595 bits per heavy atom. The molecule has 0 aliphatic heterocycles. The molecule has 42 heavy (non-hydrogen) atoms. The summed E-state index contributed by atoms with van der Waals surface area (Å²) in [5.74, 6) is 11.3. The van der Waals surface area contributed by atoms with Crippen molar-refractivity contribution in [3.05, 3.63) is 67.9 Å². The van der Waals surface area contributed by atoms with Crippen molar-refractivity contribution in [3.63, 3.8) is 0 Å². The van der Waals surface area contributed by atoms with Gasteiger partial charge < -0.3 is 0 Å². The predicted molar refractivity (Wildman–Crippen MR) is 197 cm³/mol. The fourth-order valence-electron chi connectivity index (χ4n) is 4.29. The van der Waals surface area contributed by atoms with Gasteiger partial charge in [0.05, 0.1) is 0 Å². The molecular weight excluding hydrogens is 525 g/mol. The van der Waals surface area contributed by atoms with Gasteiger partial charge in [-0.2, -0.15) is 0 Å². The van der Waals surface area contributed by atoms with Gasteiger partial charge in [-0.15, -0.1) is 23.2 Å². The minimum Gasteiger partial charge on any atom is -0.145 e. The van der Waals surface area contributed by atoms with E-state index in [0.717, 1.165) is 0 Å². The molecule has 2 rings (SSSR count). The first kappa shape index (κ1) is 42.4. The fourth-order valence-corrected chi connectivity index (χ4v) is 5.31. The number of thiophene rings is 1. The molecule has 0 unspecified atom stereocenters. The van der Waals surface area contributed by atoms with E-state index in [1.165, 1.54) is 37.6 Å². The van der Waals surface area contributed by atoms with Crippen molar-refractivity contribution in [2.45, 2.75) is 155 Å². The molecule has 0 spiro atoms. The molecule has 0 N–H and O–H groups in total. The fraction of sp³-hybridized carbons (Fsp3) is 0.659. The summed E-state index contributed by atoms with van der Waals surface area (Å²) in [5.41, 5.74) is 7.39. The molecule has 1 heteroatoms. The third-order valence-electron chi connectivity index (χ3n) is 6.81. The lowest BCUT2D eigenvalue weighted by molar-refractivity contribution is 0.731. The van der Waals surface area contributed by atoms with Crippen LogP contribution in [0.4, 0.5) is 0 Å². The lowest BCUT2D eigenvalue weighted by Gasteiger charge is -2.17. The van der Waals surface area contributed by atoms with Gasteiger partial charge in [0, 0.05) is 21.6 Å². The van der Waals surface area contributed by atoms with Crippen LogP contribution in [0.5, 0.6) is 0 Å². The van der Waals surface area contributed by atoms with Crippen molar-refractivity contribution in [3.8, 4) is 11.8 Å². The maximum Gasteiger partial charge on any atom is 0.0146 e. The van der Waals surface area contributed by atoms with Crippen LogP contribution in [-0.2, 0) is 0 Å². The number of allylic oxidation sites excluding steroid dienone is 2. The van der Waals surface area contributed by atoms with Gasteiger partial charge in [0.2, 0.25) is 0 Å². The van der Waals surface area contributed by atoms with Crippen LogP contribution in [-0.4, -0.2) is 0 Å². The molecule has 0 fully saturated rings. The van der Waals surface area contributed by atoms with E-state index in [1.54, 1.807) is 0 Å². The first-order valence-corrected chi connectivity index (χ1v) is 17.4. The normalized spacial score (nSPS) is 11.5. The van der Waals surface area contributed by atoms with E-state index in [4.69, 9.17) is 0 Å². The minimum absolute atomic E-state index is 0.525. The highest BCUT2D eigenvalue weighted by Crippen LogP contribution is 2.29. The Bertz CT molecular complexity index is 1010. The van der Waals surface area contributed by atoms with E-state index in [0.29, 0.717) is 47.3 Å². The summed E-state index contributed by atoms with van der Waals surface area (Å²) in [4.78, 5) is 3.02. The first-order valence-electron chi connectivity index (χ1n) is 16.6. The van der Waals surface area contributed by atoms with Crippen LogP contribution >= 0.6 is 11.3 Å². The lowest BCUT2D eigenvalue weighted by Crippen LogP contribution is -1.99. The highest BCUT2D eigenvalue weighted by Gasteiger charge is 2.10. The molecular formula is C41H70S. The van der Waals surface area contributed by atoms with E-state index in [1.807, 2.05) is 11.3 Å². The Morgan fingerprint density at radius 2 is 0.976 bits per heavy atom. The van der Waals surface area contributed by atoms with Gasteiger partial charge in [-0.25, -0.2) is 0 Å². The number of aryl methyl sites for hydroxylation is 2. The number of hydrogen-bond donors (Lipinski definition) is 0. The second-order valence-electron chi connectivity index (χ2n) is 14.3. The van der Waals surface area contributed by atoms with Crippen molar-refractivity contribution in [1.82, 2.24) is 0 Å². The molecule has 0 nitrogen and oxygen atoms in total. The van der Waals surface area contributed by atoms with Crippen molar-refractivity contribution < 1.29 is 0 Å². The Kier molecular flexibility index (Phi) is 22.0. The molecule has 0 aliphatic rings. The van der Waals surface area contributed by atoms with E-state index in [9.17, 15) is 0 Å². The average molecular weight is 595 g/mol. The minimum atomic E-state index is 0.525. The lowest BCUT2D eigenvalue weighted by atomic mass is 9.89. The second-order valence-corrected chi connectivity index (χ2v) is 15.5. The molecule has 0 radical (unpaired) electrons. The van der Waals surface area contributed by atoms with Gasteiger partial charge in [-0.3, -0.25) is 0 Å². The Balaban J connectivity index is 0. The molecule has 0 atom stereocenters. The molecule has 0 saturated carbocycles. The SMILES string of the molecule is C/C(=C\C(C)C)C(C)C.CC(C)C#CC(C)C.CC(C)c1ccc(C(C)C)s1.Cc1cc(C(C)C)cc(C)c1C(C)C. The molecule has 2 aromatic rings. The molecule has 1 aromatic heterocycles. The topological polar surface area (TPSA) is 0 Å². The highest BCUT2D eigenvalue weighted by molar-refractivity contribution is 7.12. The van der Waals surface area contributed by atoms with Gasteiger partial charge in [-0.05, 0) is 90.7 Å². The Labute approximate surface area is 269 Å². The summed E-state index contributed by atoms with van der Waals surface area (Å²) in [7, 11) is 0. The third kappa shape index (κ3) is 19.4. The van der Waals surface area contributed by atoms with Crippen LogP contribution in [0.15, 0.2) is 35.9 Å². The summed E-state index contributed by atoms with van der Waals surface area (Å²) in [6, 6.07) is 9.19. The number of hydrogen-bond acceptors (Lipinski definition) is 1. The molecule has 1 heterocycles. The second kappa shape index (κ2) is 21.8. The van der Waals surface area contributed by atoms with Crippen LogP contribution in [0.1, 0.15) is 173 Å². The summed E-state index contributed by atoms with van der Waals surface area (Å²) in [5, 5.41) is 0. The van der Waals surface area contributed by atoms with Crippen LogP contribution in [0.3, 0.4) is 0 Å². The smallest absolute Gasteiger partial charge is 0.0146 e. The van der Waals surface area contributed by atoms with E-state index >= 15 is 0 Å². The highest BCUT2D eigenvalue weighted by atomic mass is 32.1. The van der Waals surface area contributed by atoms with Crippen LogP contribution in [0.2, 0.25) is 0 Å². The van der Waals surface area contributed by atoms with Crippen molar-refractivity contribution in [2.75, 3.05) is 0 Å². The van der Waals surface area contributed by atoms with Crippen molar-refractivity contribution in [1.29, 1.82) is 0 Å². The Morgan fingerprint density at radius 3 is 1.17 bits per heavy atom. The van der Waals surface area contributed by atoms with E-state index in [2.05, 4.69) is 174 Å². The largest absolute Gasteiger partial charge is 0.145 e. The zero-order valence-electron chi connectivity index (χ0n) is 31.4. The van der Waals surface area contributed by atoms with Gasteiger partial charge in [-0.1, -0.05) is 135 Å². The zero-order chi connectivity index (χ0) is 33.3. The predicted octanol–water partition coefficient (Wildman–Crippen LogP) is 14.1. The summed E-state index contributed by atoms with van der Waals surface area (Å²) >= 11 is 1.95. The molecule has 0 saturated heterocycles. The number of benzene rings is 1. The van der Waals surface area contributed by atoms with E-state index < -0.39 is 0 Å². The van der Waals surface area contributed by atoms with Gasteiger partial charge in [0.25, 0.3) is 0 Å². The molecule has 0 bridgehead atoms. The van der Waals surface area contributed by atoms with Gasteiger partial charge in [0.15, 0.2) is 0 Å².